The van der Waals surface area contributed by atoms with E-state index in [4.69, 9.17) is 4.74 Å². The fraction of sp³-hybridized carbons (Fsp3) is 0.704. The zero-order valence-electron chi connectivity index (χ0n) is 21.4. The van der Waals surface area contributed by atoms with Gasteiger partial charge in [-0.3, -0.25) is 4.99 Å². The van der Waals surface area contributed by atoms with E-state index in [1.165, 1.54) is 7.11 Å². The Labute approximate surface area is 212 Å². The molecule has 0 aromatic heterocycles. The van der Waals surface area contributed by atoms with E-state index in [2.05, 4.69) is 51.6 Å². The summed E-state index contributed by atoms with van der Waals surface area (Å²) in [5.74, 6) is 7.01. The Morgan fingerprint density at radius 1 is 1.44 bits per heavy atom. The number of hydrogen-bond acceptors (Lipinski definition) is 6. The second kappa shape index (κ2) is 9.18. The highest BCUT2D eigenvalue weighted by Crippen LogP contribution is 2.78. The number of guanidine groups is 1. The molecular formula is C27H38N4O5. The highest BCUT2D eigenvalue weighted by molar-refractivity contribution is 5.92. The van der Waals surface area contributed by atoms with Crippen molar-refractivity contribution in [2.75, 3.05) is 53.6 Å². The third-order valence-electron chi connectivity index (χ3n) is 9.68. The van der Waals surface area contributed by atoms with Crippen LogP contribution in [0.5, 0.6) is 0 Å². The zero-order chi connectivity index (χ0) is 25.7. The van der Waals surface area contributed by atoms with E-state index in [0.717, 1.165) is 18.0 Å². The van der Waals surface area contributed by atoms with Gasteiger partial charge in [-0.1, -0.05) is 24.8 Å². The van der Waals surface area contributed by atoms with Crippen molar-refractivity contribution in [2.45, 2.75) is 31.8 Å². The van der Waals surface area contributed by atoms with E-state index in [-0.39, 0.29) is 47.9 Å². The van der Waals surface area contributed by atoms with Crippen LogP contribution in [-0.4, -0.2) is 91.3 Å². The molecule has 0 radical (unpaired) electrons. The lowest BCUT2D eigenvalue weighted by Crippen LogP contribution is -2.64. The van der Waals surface area contributed by atoms with Gasteiger partial charge in [-0.15, -0.1) is 0 Å². The van der Waals surface area contributed by atoms with E-state index >= 15 is 0 Å². The Hall–Kier alpha value is -2.38. The van der Waals surface area contributed by atoms with Crippen molar-refractivity contribution >= 4 is 11.9 Å². The summed E-state index contributed by atoms with van der Waals surface area (Å²) in [6.07, 6.45) is 6.10. The number of rotatable bonds is 7. The molecule has 9 heteroatoms. The minimum atomic E-state index is -1.55. The molecule has 0 saturated heterocycles. The molecule has 7 atom stereocenters. The van der Waals surface area contributed by atoms with E-state index in [1.807, 2.05) is 0 Å². The van der Waals surface area contributed by atoms with Crippen molar-refractivity contribution in [2.24, 2.45) is 39.5 Å². The number of carboxylic acids is 1. The van der Waals surface area contributed by atoms with Crippen LogP contribution in [0, 0.1) is 46.3 Å². The molecule has 0 aromatic rings. The zero-order valence-corrected chi connectivity index (χ0v) is 21.4. The SMILES string of the molecule is CN=C1NCC#C[C@@H]2C[C@@H](C)[C@@]34C[C@](O)(COC)C(C(=O)O)=C3C[C@@H]2[C@@]42CN1C=C[C@@H]2CNCCO. The molecule has 196 valence electrons. The summed E-state index contributed by atoms with van der Waals surface area (Å²) in [4.78, 5) is 19.4. The van der Waals surface area contributed by atoms with Gasteiger partial charge in [0.25, 0.3) is 0 Å². The number of carbonyl (C=O) groups is 1. The van der Waals surface area contributed by atoms with Crippen LogP contribution in [0.4, 0.5) is 0 Å². The van der Waals surface area contributed by atoms with Crippen LogP contribution < -0.4 is 10.6 Å². The van der Waals surface area contributed by atoms with Crippen LogP contribution in [-0.2, 0) is 9.53 Å². The lowest BCUT2D eigenvalue weighted by molar-refractivity contribution is -0.140. The number of methoxy groups -OCH3 is 1. The summed E-state index contributed by atoms with van der Waals surface area (Å²) in [6, 6.07) is 0. The Bertz CT molecular complexity index is 1080. The van der Waals surface area contributed by atoms with E-state index < -0.39 is 17.0 Å². The van der Waals surface area contributed by atoms with E-state index in [9.17, 15) is 20.1 Å². The lowest BCUT2D eigenvalue weighted by atomic mass is 9.44. The van der Waals surface area contributed by atoms with Crippen LogP contribution in [0.1, 0.15) is 26.2 Å². The van der Waals surface area contributed by atoms with Crippen LogP contribution in [0.25, 0.3) is 0 Å². The third-order valence-corrected chi connectivity index (χ3v) is 9.68. The van der Waals surface area contributed by atoms with Gasteiger partial charge in [0.2, 0.25) is 0 Å². The Morgan fingerprint density at radius 2 is 2.25 bits per heavy atom. The average molecular weight is 499 g/mol. The van der Waals surface area contributed by atoms with Crippen LogP contribution in [0.15, 0.2) is 28.4 Å². The summed E-state index contributed by atoms with van der Waals surface area (Å²) >= 11 is 0. The number of allylic oxidation sites excluding steroid dienone is 1. The molecule has 2 spiro atoms. The van der Waals surface area contributed by atoms with Gasteiger partial charge in [0.1, 0.15) is 5.60 Å². The first kappa shape index (κ1) is 25.3. The fourth-order valence-corrected chi connectivity index (χ4v) is 8.69. The number of hydrogen-bond donors (Lipinski definition) is 5. The topological polar surface area (TPSA) is 127 Å². The molecule has 2 fully saturated rings. The molecule has 5 bridgehead atoms. The molecule has 0 unspecified atom stereocenters. The van der Waals surface area contributed by atoms with Crippen molar-refractivity contribution in [1.29, 1.82) is 0 Å². The molecule has 2 saturated carbocycles. The summed E-state index contributed by atoms with van der Waals surface area (Å²) < 4.78 is 5.41. The highest BCUT2D eigenvalue weighted by Gasteiger charge is 2.76. The number of aliphatic carboxylic acids is 1. The van der Waals surface area contributed by atoms with Gasteiger partial charge >= 0.3 is 5.97 Å². The Balaban J connectivity index is 1.77. The number of nitrogens with zero attached hydrogens (tertiary/aromatic N) is 2. The first-order chi connectivity index (χ1) is 17.3. The lowest BCUT2D eigenvalue weighted by Gasteiger charge is -2.62. The van der Waals surface area contributed by atoms with Crippen molar-refractivity contribution in [3.05, 3.63) is 23.4 Å². The maximum Gasteiger partial charge on any atom is 0.334 e. The molecule has 0 amide bonds. The highest BCUT2D eigenvalue weighted by atomic mass is 16.5. The van der Waals surface area contributed by atoms with Gasteiger partial charge in [0.15, 0.2) is 5.96 Å². The summed E-state index contributed by atoms with van der Waals surface area (Å²) in [5, 5.41) is 38.5. The number of carboxylic acid groups (broad SMARTS) is 1. The molecule has 2 aliphatic heterocycles. The first-order valence-electron chi connectivity index (χ1n) is 12.9. The smallest absolute Gasteiger partial charge is 0.334 e. The largest absolute Gasteiger partial charge is 0.478 e. The Morgan fingerprint density at radius 3 is 2.94 bits per heavy atom. The van der Waals surface area contributed by atoms with Crippen LogP contribution >= 0.6 is 0 Å². The van der Waals surface area contributed by atoms with Crippen molar-refractivity contribution in [3.8, 4) is 11.8 Å². The molecule has 5 rings (SSSR count). The van der Waals surface area contributed by atoms with Crippen molar-refractivity contribution in [3.63, 3.8) is 0 Å². The summed E-state index contributed by atoms with van der Waals surface area (Å²) in [7, 11) is 3.27. The molecule has 3 aliphatic carbocycles. The number of fused-ring (bicyclic) bond motifs is 1. The molecule has 36 heavy (non-hydrogen) atoms. The van der Waals surface area contributed by atoms with Crippen LogP contribution in [0.2, 0.25) is 0 Å². The summed E-state index contributed by atoms with van der Waals surface area (Å²) in [6.45, 7) is 4.52. The maximum absolute atomic E-state index is 12.7. The monoisotopic (exact) mass is 498 g/mol. The molecule has 5 aliphatic rings. The minimum absolute atomic E-state index is 0.0487. The fourth-order valence-electron chi connectivity index (χ4n) is 8.69. The van der Waals surface area contributed by atoms with Gasteiger partial charge in [0, 0.05) is 56.7 Å². The number of aliphatic imine (C=N–C) groups is 1. The van der Waals surface area contributed by atoms with Gasteiger partial charge in [-0.25, -0.2) is 4.79 Å². The number of aliphatic hydroxyl groups excluding tert-OH is 1. The molecule has 2 heterocycles. The second-order valence-corrected chi connectivity index (χ2v) is 11.1. The maximum atomic E-state index is 12.7. The molecule has 5 N–H and O–H groups in total. The van der Waals surface area contributed by atoms with Gasteiger partial charge in [0.05, 0.1) is 25.3 Å². The van der Waals surface area contributed by atoms with Gasteiger partial charge in [-0.2, -0.15) is 0 Å². The van der Waals surface area contributed by atoms with E-state index in [1.54, 1.807) is 7.05 Å². The number of aliphatic hydroxyl groups is 2. The normalized spacial score (nSPS) is 41.6. The number of nitrogens with one attached hydrogen (secondary N) is 2. The molecule has 9 nitrogen and oxygen atoms in total. The third kappa shape index (κ3) is 3.31. The quantitative estimate of drug-likeness (QED) is 0.253. The van der Waals surface area contributed by atoms with Crippen molar-refractivity contribution < 1.29 is 24.9 Å². The summed E-state index contributed by atoms with van der Waals surface area (Å²) in [5.41, 5.74) is -1.44. The predicted octanol–water partition coefficient (Wildman–Crippen LogP) is 0.417. The van der Waals surface area contributed by atoms with Crippen LogP contribution in [0.3, 0.4) is 0 Å². The predicted molar refractivity (Wildman–Crippen MR) is 135 cm³/mol. The van der Waals surface area contributed by atoms with Gasteiger partial charge in [-0.05, 0) is 42.6 Å². The standard InChI is InChI=1S/C27H38N4O5/c1-17-11-18-5-4-7-30-24(28-2)31-9-6-19(13-29-8-10-32)27(15-31)20(18)12-21-22(23(33)34)25(35,16-36-3)14-26(17,21)27/h6,9,17-20,29,32,35H,7-8,10-16H2,1-3H3,(H,28,30)(H,33,34)/t17-,18-,19-,20+,25+,26+,27+/m1/s1. The first-order valence-corrected chi connectivity index (χ1v) is 12.9. The average Bonchev–Trinajstić information content (AvgIpc) is 3.20. The Kier molecular flexibility index (Phi) is 6.44. The van der Waals surface area contributed by atoms with Crippen molar-refractivity contribution in [1.82, 2.24) is 15.5 Å². The van der Waals surface area contributed by atoms with Gasteiger partial charge < -0.3 is 35.6 Å². The minimum Gasteiger partial charge on any atom is -0.478 e. The van der Waals surface area contributed by atoms with E-state index in [0.29, 0.717) is 39.0 Å². The molecular weight excluding hydrogens is 460 g/mol. The molecule has 0 aromatic carbocycles. The second-order valence-electron chi connectivity index (χ2n) is 11.1. The number of ether oxygens (including phenoxy) is 1.